The monoisotopic (exact) mass is 365 g/mol. The van der Waals surface area contributed by atoms with Gasteiger partial charge in [0, 0.05) is 23.5 Å². The summed E-state index contributed by atoms with van der Waals surface area (Å²) in [5.74, 6) is -3.36. The van der Waals surface area contributed by atoms with Crippen LogP contribution in [0.15, 0.2) is 54.6 Å². The highest BCUT2D eigenvalue weighted by molar-refractivity contribution is 6.10. The average Bonchev–Trinajstić information content (AvgIpc) is 2.69. The van der Waals surface area contributed by atoms with E-state index in [0.29, 0.717) is 29.8 Å². The molecule has 3 rings (SSSR count). The Labute approximate surface area is 157 Å². The van der Waals surface area contributed by atoms with Gasteiger partial charge >= 0.3 is 0 Å². The number of hydrogen-bond acceptors (Lipinski definition) is 4. The molecule has 0 aliphatic heterocycles. The minimum Gasteiger partial charge on any atom is -0.550 e. The number of carboxylic acids is 1. The molecular formula is C21H21N2O4-. The van der Waals surface area contributed by atoms with Gasteiger partial charge in [-0.2, -0.15) is 0 Å². The lowest BCUT2D eigenvalue weighted by Gasteiger charge is -2.31. The van der Waals surface area contributed by atoms with Gasteiger partial charge in [-0.15, -0.1) is 0 Å². The third kappa shape index (κ3) is 4.53. The number of carbonyl (C=O) groups is 3. The van der Waals surface area contributed by atoms with E-state index >= 15 is 0 Å². The Morgan fingerprint density at radius 2 is 1.44 bits per heavy atom. The van der Waals surface area contributed by atoms with Crippen molar-refractivity contribution in [3.63, 3.8) is 0 Å². The fraction of sp³-hybridized carbons (Fsp3) is 0.286. The van der Waals surface area contributed by atoms with Crippen LogP contribution in [0.2, 0.25) is 0 Å². The summed E-state index contributed by atoms with van der Waals surface area (Å²) in [6.45, 7) is 0. The van der Waals surface area contributed by atoms with E-state index in [2.05, 4.69) is 10.6 Å². The summed E-state index contributed by atoms with van der Waals surface area (Å²) in [5, 5.41) is 16.9. The quantitative estimate of drug-likeness (QED) is 0.850. The summed E-state index contributed by atoms with van der Waals surface area (Å²) in [5.41, 5.74) is 1.32. The van der Waals surface area contributed by atoms with Crippen molar-refractivity contribution in [2.24, 2.45) is 11.8 Å². The first-order valence-electron chi connectivity index (χ1n) is 9.03. The number of carbonyl (C=O) groups excluding carboxylic acids is 3. The Bertz CT molecular complexity index is 835. The second-order valence-corrected chi connectivity index (χ2v) is 6.67. The Morgan fingerprint density at radius 1 is 0.815 bits per heavy atom. The number of hydrogen-bond donors (Lipinski definition) is 2. The lowest BCUT2D eigenvalue weighted by Crippen LogP contribution is -2.42. The van der Waals surface area contributed by atoms with Crippen molar-refractivity contribution < 1.29 is 19.5 Å². The van der Waals surface area contributed by atoms with Crippen molar-refractivity contribution in [2.45, 2.75) is 25.7 Å². The molecule has 1 aliphatic carbocycles. The van der Waals surface area contributed by atoms with E-state index in [1.54, 1.807) is 36.4 Å². The minimum absolute atomic E-state index is 0.315. The Kier molecular flexibility index (Phi) is 5.86. The number of anilines is 2. The van der Waals surface area contributed by atoms with Crippen LogP contribution >= 0.6 is 0 Å². The third-order valence-electron chi connectivity index (χ3n) is 4.87. The highest BCUT2D eigenvalue weighted by atomic mass is 16.4. The van der Waals surface area contributed by atoms with Crippen LogP contribution in [0, 0.1) is 11.8 Å². The van der Waals surface area contributed by atoms with E-state index < -0.39 is 17.8 Å². The molecule has 140 valence electrons. The number of benzene rings is 2. The first-order chi connectivity index (χ1) is 13.1. The fourth-order valence-corrected chi connectivity index (χ4v) is 3.46. The predicted molar refractivity (Wildman–Crippen MR) is 99.9 cm³/mol. The summed E-state index contributed by atoms with van der Waals surface area (Å²) in [6.07, 6.45) is 2.52. The number of aliphatic carboxylic acids is 1. The number of amides is 2. The summed E-state index contributed by atoms with van der Waals surface area (Å²) >= 11 is 0. The van der Waals surface area contributed by atoms with Crippen molar-refractivity contribution in [1.82, 2.24) is 0 Å². The van der Waals surface area contributed by atoms with Gasteiger partial charge in [0.15, 0.2) is 0 Å². The second-order valence-electron chi connectivity index (χ2n) is 6.67. The van der Waals surface area contributed by atoms with Gasteiger partial charge in [0.2, 0.25) is 5.91 Å². The van der Waals surface area contributed by atoms with Crippen molar-refractivity contribution >= 4 is 29.2 Å². The van der Waals surface area contributed by atoms with Crippen LogP contribution in [0.4, 0.5) is 11.4 Å². The van der Waals surface area contributed by atoms with Crippen LogP contribution in [-0.2, 0) is 9.59 Å². The predicted octanol–water partition coefficient (Wildman–Crippen LogP) is 2.43. The van der Waals surface area contributed by atoms with Crippen molar-refractivity contribution in [1.29, 1.82) is 0 Å². The normalized spacial score (nSPS) is 19.1. The molecule has 0 aromatic heterocycles. The minimum atomic E-state index is -1.19. The van der Waals surface area contributed by atoms with Crippen LogP contribution in [0.3, 0.4) is 0 Å². The smallest absolute Gasteiger partial charge is 0.257 e. The molecule has 0 spiro atoms. The van der Waals surface area contributed by atoms with E-state index in [0.717, 1.165) is 12.8 Å². The molecule has 0 radical (unpaired) electrons. The first kappa shape index (κ1) is 18.6. The van der Waals surface area contributed by atoms with Crippen LogP contribution in [0.5, 0.6) is 0 Å². The maximum absolute atomic E-state index is 12.7. The molecule has 6 heteroatoms. The molecule has 0 heterocycles. The van der Waals surface area contributed by atoms with E-state index in [9.17, 15) is 19.5 Å². The van der Waals surface area contributed by atoms with Crippen molar-refractivity contribution in [3.8, 4) is 0 Å². The molecule has 2 N–H and O–H groups in total. The number of rotatable bonds is 5. The largest absolute Gasteiger partial charge is 0.550 e. The molecule has 2 atom stereocenters. The van der Waals surface area contributed by atoms with Gasteiger partial charge in [0.25, 0.3) is 5.91 Å². The van der Waals surface area contributed by atoms with Gasteiger partial charge in [0.05, 0.1) is 11.3 Å². The Morgan fingerprint density at radius 3 is 2.15 bits per heavy atom. The summed E-state index contributed by atoms with van der Waals surface area (Å²) in [7, 11) is 0. The highest BCUT2D eigenvalue weighted by Crippen LogP contribution is 2.31. The van der Waals surface area contributed by atoms with Crippen LogP contribution < -0.4 is 15.7 Å². The average molecular weight is 365 g/mol. The number of nitrogens with one attached hydrogen (secondary N) is 2. The van der Waals surface area contributed by atoms with Crippen LogP contribution in [-0.4, -0.2) is 17.8 Å². The molecule has 0 saturated heterocycles. The maximum Gasteiger partial charge on any atom is 0.257 e. The van der Waals surface area contributed by atoms with Gasteiger partial charge in [-0.05, 0) is 37.1 Å². The van der Waals surface area contributed by atoms with E-state index in [-0.39, 0.29) is 11.8 Å². The summed E-state index contributed by atoms with van der Waals surface area (Å²) < 4.78 is 0. The second kappa shape index (κ2) is 8.49. The molecule has 0 unspecified atom stereocenters. The number of para-hydroxylation sites is 2. The molecule has 2 aromatic carbocycles. The Hall–Kier alpha value is -3.15. The van der Waals surface area contributed by atoms with Crippen LogP contribution in [0.25, 0.3) is 0 Å². The highest BCUT2D eigenvalue weighted by Gasteiger charge is 2.32. The van der Waals surface area contributed by atoms with Crippen molar-refractivity contribution in [2.75, 3.05) is 10.6 Å². The van der Waals surface area contributed by atoms with Crippen molar-refractivity contribution in [3.05, 3.63) is 60.2 Å². The van der Waals surface area contributed by atoms with E-state index in [4.69, 9.17) is 0 Å². The summed E-state index contributed by atoms with van der Waals surface area (Å²) in [6, 6.07) is 15.7. The zero-order valence-electron chi connectivity index (χ0n) is 14.8. The zero-order chi connectivity index (χ0) is 19.2. The first-order valence-corrected chi connectivity index (χ1v) is 9.03. The molecule has 1 aliphatic rings. The van der Waals surface area contributed by atoms with Gasteiger partial charge in [-0.25, -0.2) is 0 Å². The number of carboxylic acid groups (broad SMARTS) is 1. The zero-order valence-corrected chi connectivity index (χ0v) is 14.8. The molecular weight excluding hydrogens is 344 g/mol. The topological polar surface area (TPSA) is 98.3 Å². The van der Waals surface area contributed by atoms with Gasteiger partial charge in [-0.3, -0.25) is 9.59 Å². The molecule has 1 saturated carbocycles. The Balaban J connectivity index is 1.76. The lowest BCUT2D eigenvalue weighted by molar-refractivity contribution is -0.313. The van der Waals surface area contributed by atoms with E-state index in [1.807, 2.05) is 18.2 Å². The molecule has 2 aromatic rings. The van der Waals surface area contributed by atoms with Crippen LogP contribution in [0.1, 0.15) is 36.0 Å². The molecule has 0 bridgehead atoms. The summed E-state index contributed by atoms with van der Waals surface area (Å²) in [4.78, 5) is 36.6. The molecule has 27 heavy (non-hydrogen) atoms. The fourth-order valence-electron chi connectivity index (χ4n) is 3.46. The lowest BCUT2D eigenvalue weighted by atomic mass is 9.78. The maximum atomic E-state index is 12.7. The van der Waals surface area contributed by atoms with Gasteiger partial charge in [0.1, 0.15) is 0 Å². The van der Waals surface area contributed by atoms with Gasteiger partial charge < -0.3 is 20.5 Å². The molecule has 1 fully saturated rings. The molecule has 6 nitrogen and oxygen atoms in total. The van der Waals surface area contributed by atoms with E-state index in [1.165, 1.54) is 0 Å². The molecule has 2 amide bonds. The van der Waals surface area contributed by atoms with Gasteiger partial charge in [-0.1, -0.05) is 43.2 Å². The standard InChI is InChI=1S/C21H22N2O4/c24-19(15-10-4-5-11-16(15)21(26)27)23-18-13-7-6-12-17(18)20(25)22-14-8-2-1-3-9-14/h1-3,6-9,12-13,15-16H,4-5,10-11H2,(H,22,25)(H,23,24)(H,26,27)/p-1/t15-,16+/m1/s1. The third-order valence-corrected chi connectivity index (χ3v) is 4.87. The SMILES string of the molecule is O=C(Nc1ccccc1)c1ccccc1NC(=O)[C@@H]1CCCC[C@@H]1C(=O)[O-].